The lowest BCUT2D eigenvalue weighted by Crippen LogP contribution is -2.56. The number of carbonyl (C=O) groups excluding carboxylic acids is 2. The minimum absolute atomic E-state index is 0.0123. The van der Waals surface area contributed by atoms with Gasteiger partial charge in [0, 0.05) is 38.2 Å². The van der Waals surface area contributed by atoms with E-state index in [0.717, 1.165) is 44.9 Å². The van der Waals surface area contributed by atoms with Crippen molar-refractivity contribution in [1.29, 1.82) is 0 Å². The molecule has 0 aliphatic heterocycles. The Bertz CT molecular complexity index is 1000. The van der Waals surface area contributed by atoms with Crippen molar-refractivity contribution in [3.05, 3.63) is 23.3 Å². The number of carbonyl (C=O) groups is 2. The number of hydrogen-bond donors (Lipinski definition) is 0. The third kappa shape index (κ3) is 4.38. The number of ether oxygens (including phenoxy) is 2. The molecule has 0 saturated heterocycles. The summed E-state index contributed by atoms with van der Waals surface area (Å²) in [6.07, 6.45) is 12.6. The Hall–Kier alpha value is -1.42. The number of rotatable bonds is 7. The highest BCUT2D eigenvalue weighted by Crippen LogP contribution is 2.73. The van der Waals surface area contributed by atoms with Gasteiger partial charge in [0.2, 0.25) is 0 Å². The Morgan fingerprint density at radius 2 is 1.70 bits per heavy atom. The van der Waals surface area contributed by atoms with Crippen LogP contribution < -0.4 is 0 Å². The van der Waals surface area contributed by atoms with Gasteiger partial charge in [-0.1, -0.05) is 60.1 Å². The maximum absolute atomic E-state index is 13.8. The van der Waals surface area contributed by atoms with E-state index in [1.54, 1.807) is 7.11 Å². The van der Waals surface area contributed by atoms with E-state index in [2.05, 4.69) is 67.5 Å². The summed E-state index contributed by atoms with van der Waals surface area (Å²) in [5.41, 5.74) is 2.59. The Balaban J connectivity index is 1.62. The average Bonchev–Trinajstić information content (AvgIpc) is 3.00. The summed E-state index contributed by atoms with van der Waals surface area (Å²) in [6.45, 7) is 20.0. The maximum atomic E-state index is 13.8. The average molecular weight is 513 g/mol. The van der Waals surface area contributed by atoms with Crippen LogP contribution in [-0.2, 0) is 19.1 Å². The number of methoxy groups -OCH3 is 1. The van der Waals surface area contributed by atoms with Crippen LogP contribution in [-0.4, -0.2) is 30.6 Å². The van der Waals surface area contributed by atoms with Gasteiger partial charge in [0.15, 0.2) is 0 Å². The van der Waals surface area contributed by atoms with Crippen molar-refractivity contribution in [1.82, 2.24) is 0 Å². The third-order valence-corrected chi connectivity index (χ3v) is 11.9. The van der Waals surface area contributed by atoms with Crippen molar-refractivity contribution < 1.29 is 19.1 Å². The van der Waals surface area contributed by atoms with Gasteiger partial charge in [-0.25, -0.2) is 0 Å². The fourth-order valence-corrected chi connectivity index (χ4v) is 9.34. The predicted molar refractivity (Wildman–Crippen MR) is 149 cm³/mol. The molecule has 4 nitrogen and oxygen atoms in total. The van der Waals surface area contributed by atoms with Gasteiger partial charge >= 0.3 is 5.97 Å². The smallest absolute Gasteiger partial charge is 0.302 e. The Kier molecular flexibility index (Phi) is 7.22. The van der Waals surface area contributed by atoms with Crippen molar-refractivity contribution in [3.63, 3.8) is 0 Å². The zero-order valence-electron chi connectivity index (χ0n) is 25.3. The fraction of sp³-hybridized carbons (Fsp3) is 0.818. The number of ketones is 1. The van der Waals surface area contributed by atoms with Gasteiger partial charge in [0.05, 0.1) is 5.60 Å². The molecule has 2 saturated carbocycles. The zero-order chi connectivity index (χ0) is 27.6. The highest BCUT2D eigenvalue weighted by Gasteiger charge is 2.68. The normalized spacial score (nSPS) is 39.6. The van der Waals surface area contributed by atoms with Gasteiger partial charge in [-0.2, -0.15) is 0 Å². The predicted octanol–water partition coefficient (Wildman–Crippen LogP) is 7.85. The van der Waals surface area contributed by atoms with Crippen molar-refractivity contribution in [2.45, 2.75) is 125 Å². The van der Waals surface area contributed by atoms with Crippen LogP contribution in [0.1, 0.15) is 114 Å². The quantitative estimate of drug-likeness (QED) is 0.326. The number of esters is 1. The van der Waals surface area contributed by atoms with E-state index in [4.69, 9.17) is 9.47 Å². The summed E-state index contributed by atoms with van der Waals surface area (Å²) in [6, 6.07) is 0. The first-order chi connectivity index (χ1) is 17.0. The third-order valence-electron chi connectivity index (χ3n) is 11.9. The van der Waals surface area contributed by atoms with E-state index in [1.165, 1.54) is 18.1 Å². The van der Waals surface area contributed by atoms with Crippen molar-refractivity contribution >= 4 is 11.8 Å². The summed E-state index contributed by atoms with van der Waals surface area (Å²) < 4.78 is 11.4. The molecule has 0 unspecified atom stereocenters. The molecule has 0 amide bonds. The summed E-state index contributed by atoms with van der Waals surface area (Å²) in [7, 11) is 1.79. The number of hydrogen-bond acceptors (Lipinski definition) is 4. The highest BCUT2D eigenvalue weighted by molar-refractivity contribution is 5.86. The molecule has 4 rings (SSSR count). The summed E-state index contributed by atoms with van der Waals surface area (Å²) >= 11 is 0. The Morgan fingerprint density at radius 3 is 2.32 bits per heavy atom. The first-order valence-electron chi connectivity index (χ1n) is 14.7. The molecule has 7 atom stereocenters. The van der Waals surface area contributed by atoms with Crippen LogP contribution in [0.25, 0.3) is 0 Å². The van der Waals surface area contributed by atoms with E-state index in [9.17, 15) is 9.59 Å². The second kappa shape index (κ2) is 9.35. The Labute approximate surface area is 226 Å². The lowest BCUT2D eigenvalue weighted by atomic mass is 9.41. The van der Waals surface area contributed by atoms with Crippen molar-refractivity contribution in [2.75, 3.05) is 7.11 Å². The number of Topliss-reactive ketones (excluding diaryl/α,β-unsaturated/α-hetero) is 1. The molecule has 4 aliphatic rings. The largest absolute Gasteiger partial charge is 0.461 e. The van der Waals surface area contributed by atoms with Crippen LogP contribution in [0.2, 0.25) is 0 Å². The molecule has 0 bridgehead atoms. The van der Waals surface area contributed by atoms with Crippen LogP contribution in [0, 0.1) is 39.4 Å². The molecule has 2 fully saturated rings. The molecule has 0 aromatic heterocycles. The van der Waals surface area contributed by atoms with E-state index >= 15 is 0 Å². The molecule has 0 N–H and O–H groups in total. The molecular weight excluding hydrogens is 460 g/mol. The topological polar surface area (TPSA) is 52.6 Å². The minimum Gasteiger partial charge on any atom is -0.461 e. The van der Waals surface area contributed by atoms with Gasteiger partial charge in [-0.15, -0.1) is 0 Å². The SMILES string of the molecule is COC(C)(C)CCC[C@@H](C)[C@H]1C(=O)C[C@@]2(C)[C@@H]3CC=C4C(=CC[C@H](OC(C)=O)C4(C)C)[C@]3(C)CC[C@]12C. The lowest BCUT2D eigenvalue weighted by molar-refractivity contribution is -0.151. The van der Waals surface area contributed by atoms with Gasteiger partial charge in [0.25, 0.3) is 0 Å². The van der Waals surface area contributed by atoms with Crippen LogP contribution in [0.15, 0.2) is 23.3 Å². The maximum Gasteiger partial charge on any atom is 0.302 e. The lowest BCUT2D eigenvalue weighted by Gasteiger charge is -2.63. The second-order valence-electron chi connectivity index (χ2n) is 14.8. The Morgan fingerprint density at radius 1 is 1.05 bits per heavy atom. The van der Waals surface area contributed by atoms with Crippen LogP contribution >= 0.6 is 0 Å². The first kappa shape index (κ1) is 28.6. The molecular formula is C33H52O4. The molecule has 0 spiro atoms. The van der Waals surface area contributed by atoms with Crippen molar-refractivity contribution in [3.8, 4) is 0 Å². The molecule has 4 heteroatoms. The monoisotopic (exact) mass is 512 g/mol. The van der Waals surface area contributed by atoms with Crippen LogP contribution in [0.4, 0.5) is 0 Å². The standard InChI is InChI=1S/C33H52O4/c1-21(12-11-17-29(3,4)36-10)28-25(35)20-33(9)26-15-13-23-24(31(26,7)18-19-32(28,33)8)14-16-27(30(23,5)6)37-22(2)34/h13-14,21,26-28H,11-12,15-20H2,1-10H3/t21-,26-,27+,28+,31+,32-,33+/m1/s1. The summed E-state index contributed by atoms with van der Waals surface area (Å²) in [5.74, 6) is 1.28. The minimum atomic E-state index is -0.204. The molecule has 0 aromatic rings. The molecule has 4 aliphatic carbocycles. The molecule has 0 radical (unpaired) electrons. The zero-order valence-corrected chi connectivity index (χ0v) is 25.3. The molecule has 37 heavy (non-hydrogen) atoms. The summed E-state index contributed by atoms with van der Waals surface area (Å²) in [5, 5.41) is 0. The second-order valence-corrected chi connectivity index (χ2v) is 14.8. The molecule has 0 aromatic carbocycles. The van der Waals surface area contributed by atoms with E-state index in [-0.39, 0.29) is 45.3 Å². The van der Waals surface area contributed by atoms with Crippen molar-refractivity contribution in [2.24, 2.45) is 39.4 Å². The first-order valence-corrected chi connectivity index (χ1v) is 14.7. The molecule has 0 heterocycles. The van der Waals surface area contributed by atoms with Gasteiger partial charge < -0.3 is 9.47 Å². The van der Waals surface area contributed by atoms with Gasteiger partial charge in [-0.3, -0.25) is 9.59 Å². The molecule has 208 valence electrons. The number of fused-ring (bicyclic) bond motifs is 5. The van der Waals surface area contributed by atoms with Gasteiger partial charge in [0.1, 0.15) is 11.9 Å². The van der Waals surface area contributed by atoms with E-state index < -0.39 is 0 Å². The van der Waals surface area contributed by atoms with E-state index in [1.807, 2.05) is 0 Å². The number of allylic oxidation sites excluding steroid dienone is 2. The van der Waals surface area contributed by atoms with Crippen LogP contribution in [0.5, 0.6) is 0 Å². The summed E-state index contributed by atoms with van der Waals surface area (Å²) in [4.78, 5) is 25.6. The van der Waals surface area contributed by atoms with E-state index in [0.29, 0.717) is 24.0 Å². The fourth-order valence-electron chi connectivity index (χ4n) is 9.34. The van der Waals surface area contributed by atoms with Crippen LogP contribution in [0.3, 0.4) is 0 Å². The highest BCUT2D eigenvalue weighted by atomic mass is 16.5. The van der Waals surface area contributed by atoms with Gasteiger partial charge in [-0.05, 0) is 85.2 Å².